The number of ether oxygens (including phenoxy) is 3. The van der Waals surface area contributed by atoms with Gasteiger partial charge >= 0.3 is 11.9 Å². The van der Waals surface area contributed by atoms with E-state index in [0.29, 0.717) is 35.9 Å². The number of nitrogens with zero attached hydrogens (tertiary/aromatic N) is 1. The van der Waals surface area contributed by atoms with Crippen LogP contribution < -0.4 is 0 Å². The highest BCUT2D eigenvalue weighted by Gasteiger charge is 2.58. The normalized spacial score (nSPS) is 28.7. The summed E-state index contributed by atoms with van der Waals surface area (Å²) in [5.74, 6) is 2.85. The van der Waals surface area contributed by atoms with Gasteiger partial charge in [-0.05, 0) is 162 Å². The number of halogens is 1. The Hall–Kier alpha value is -1.99. The molecule has 322 valence electrons. The number of hydrogen-bond acceptors (Lipinski definition) is 6. The summed E-state index contributed by atoms with van der Waals surface area (Å²) in [6.07, 6.45) is 28.6. The van der Waals surface area contributed by atoms with E-state index < -0.39 is 11.8 Å². The van der Waals surface area contributed by atoms with Crippen molar-refractivity contribution in [1.82, 2.24) is 4.90 Å². The van der Waals surface area contributed by atoms with Gasteiger partial charge in [-0.15, -0.1) is 0 Å². The van der Waals surface area contributed by atoms with Crippen LogP contribution in [0.1, 0.15) is 171 Å². The molecule has 7 atom stereocenters. The Labute approximate surface area is 343 Å². The number of rotatable bonds is 21. The number of allylic oxidation sites excluding steroid dienone is 2. The van der Waals surface area contributed by atoms with Crippen LogP contribution in [-0.2, 0) is 23.8 Å². The van der Waals surface area contributed by atoms with Crippen molar-refractivity contribution in [2.45, 2.75) is 177 Å². The molecule has 3 saturated carbocycles. The van der Waals surface area contributed by atoms with Gasteiger partial charge in [0.15, 0.2) is 0 Å². The van der Waals surface area contributed by atoms with E-state index in [1.165, 1.54) is 83.3 Å². The van der Waals surface area contributed by atoms with Crippen LogP contribution in [0, 0.1) is 51.8 Å². The van der Waals surface area contributed by atoms with Crippen molar-refractivity contribution in [3.8, 4) is 0 Å². The summed E-state index contributed by atoms with van der Waals surface area (Å²) < 4.78 is 28.5. The quantitative estimate of drug-likeness (QED) is 0.0380. The van der Waals surface area contributed by atoms with Gasteiger partial charge in [0, 0.05) is 13.0 Å². The van der Waals surface area contributed by atoms with E-state index in [0.717, 1.165) is 74.8 Å². The Morgan fingerprint density at radius 3 is 2.32 bits per heavy atom. The number of fused-ring (bicyclic) bond motifs is 5. The minimum atomic E-state index is -1.09. The first kappa shape index (κ1) is 48.4. The molecular formula is C49H84FNO5. The lowest BCUT2D eigenvalue weighted by atomic mass is 9.47. The van der Waals surface area contributed by atoms with Crippen LogP contribution >= 0.6 is 0 Å². The van der Waals surface area contributed by atoms with Crippen LogP contribution in [0.15, 0.2) is 36.4 Å². The summed E-state index contributed by atoms with van der Waals surface area (Å²) >= 11 is 0. The van der Waals surface area contributed by atoms with Gasteiger partial charge in [0.25, 0.3) is 0 Å². The standard InChI is InChI=1S/C38H67NO3.C11H17FO2/c1-29(2)14-9-10-15-30-18-20-34-33-19-17-31-28-32(21-23-38(31,4)35(33)22-24-37(30,34)3)41-26-11-7-8-12-27-42-36(40)16-13-25-39(5)6;1-8(2)11(4,5)6-7-14-10(13)9(3)12/h17,29-30,32-35H,7-16,18-28H2,1-6H3;6-8H,3H2,1-2,4-5H3. The van der Waals surface area contributed by atoms with Gasteiger partial charge in [-0.3, -0.25) is 4.79 Å². The summed E-state index contributed by atoms with van der Waals surface area (Å²) in [5, 5.41) is 0. The van der Waals surface area contributed by atoms with Crippen LogP contribution in [0.25, 0.3) is 0 Å². The Kier molecular flexibility index (Phi) is 19.8. The average Bonchev–Trinajstić information content (AvgIpc) is 3.47. The van der Waals surface area contributed by atoms with Crippen LogP contribution in [0.2, 0.25) is 0 Å². The molecule has 0 heterocycles. The summed E-state index contributed by atoms with van der Waals surface area (Å²) in [7, 11) is 4.07. The highest BCUT2D eigenvalue weighted by molar-refractivity contribution is 5.85. The minimum absolute atomic E-state index is 0.0463. The topological polar surface area (TPSA) is 65.1 Å². The largest absolute Gasteiger partial charge is 0.466 e. The fourth-order valence-electron chi connectivity index (χ4n) is 10.4. The summed E-state index contributed by atoms with van der Waals surface area (Å²) in [6, 6.07) is 0. The molecule has 0 saturated heterocycles. The fraction of sp³-hybridized carbons (Fsp3) is 0.837. The third kappa shape index (κ3) is 14.4. The summed E-state index contributed by atoms with van der Waals surface area (Å²) in [6.45, 7) is 23.4. The highest BCUT2D eigenvalue weighted by atomic mass is 19.1. The van der Waals surface area contributed by atoms with E-state index in [-0.39, 0.29) is 11.4 Å². The molecule has 7 unspecified atom stereocenters. The molecule has 4 aliphatic rings. The third-order valence-corrected chi connectivity index (χ3v) is 14.9. The number of carbonyl (C=O) groups is 2. The Balaban J connectivity index is 0.000000511. The van der Waals surface area contributed by atoms with E-state index in [1.807, 2.05) is 27.9 Å². The Morgan fingerprint density at radius 2 is 1.66 bits per heavy atom. The first-order valence-electron chi connectivity index (χ1n) is 22.7. The van der Waals surface area contributed by atoms with E-state index in [4.69, 9.17) is 9.47 Å². The smallest absolute Gasteiger partial charge is 0.371 e. The molecule has 0 amide bonds. The van der Waals surface area contributed by atoms with Crippen molar-refractivity contribution in [2.24, 2.45) is 51.8 Å². The molecule has 0 spiro atoms. The second-order valence-corrected chi connectivity index (χ2v) is 20.1. The maximum absolute atomic E-state index is 12.2. The van der Waals surface area contributed by atoms with E-state index in [2.05, 4.69) is 63.8 Å². The van der Waals surface area contributed by atoms with Crippen molar-refractivity contribution < 1.29 is 28.2 Å². The van der Waals surface area contributed by atoms with Gasteiger partial charge in [-0.1, -0.05) is 99.3 Å². The monoisotopic (exact) mass is 786 g/mol. The molecular weight excluding hydrogens is 702 g/mol. The van der Waals surface area contributed by atoms with Crippen molar-refractivity contribution in [3.63, 3.8) is 0 Å². The second-order valence-electron chi connectivity index (χ2n) is 20.1. The molecule has 0 aromatic heterocycles. The summed E-state index contributed by atoms with van der Waals surface area (Å²) in [5.41, 5.74) is 2.69. The average molecular weight is 786 g/mol. The van der Waals surface area contributed by atoms with Crippen LogP contribution in [0.3, 0.4) is 0 Å². The maximum atomic E-state index is 12.2. The van der Waals surface area contributed by atoms with Crippen molar-refractivity contribution in [2.75, 3.05) is 33.9 Å². The molecule has 0 aliphatic heterocycles. The number of esters is 2. The zero-order valence-electron chi connectivity index (χ0n) is 37.7. The van der Waals surface area contributed by atoms with Gasteiger partial charge in [0.1, 0.15) is 0 Å². The first-order valence-corrected chi connectivity index (χ1v) is 22.7. The molecule has 0 aromatic rings. The van der Waals surface area contributed by atoms with Crippen LogP contribution in [0.5, 0.6) is 0 Å². The highest BCUT2D eigenvalue weighted by Crippen LogP contribution is 2.66. The molecule has 3 fully saturated rings. The van der Waals surface area contributed by atoms with Crippen molar-refractivity contribution >= 4 is 11.9 Å². The summed E-state index contributed by atoms with van der Waals surface area (Å²) in [4.78, 5) is 24.6. The van der Waals surface area contributed by atoms with E-state index in [1.54, 1.807) is 11.6 Å². The molecule has 0 aromatic carbocycles. The van der Waals surface area contributed by atoms with E-state index in [9.17, 15) is 14.0 Å². The van der Waals surface area contributed by atoms with Gasteiger partial charge in [-0.25, -0.2) is 4.79 Å². The lowest BCUT2D eigenvalue weighted by molar-refractivity contribution is -0.144. The molecule has 7 heteroatoms. The molecule has 4 rings (SSSR count). The third-order valence-electron chi connectivity index (χ3n) is 14.9. The van der Waals surface area contributed by atoms with Gasteiger partial charge < -0.3 is 19.1 Å². The lowest BCUT2D eigenvalue weighted by Crippen LogP contribution is -2.50. The number of hydrogen-bond donors (Lipinski definition) is 0. The molecule has 0 bridgehead atoms. The Morgan fingerprint density at radius 1 is 0.946 bits per heavy atom. The fourth-order valence-corrected chi connectivity index (χ4v) is 10.4. The second kappa shape index (κ2) is 23.0. The zero-order chi connectivity index (χ0) is 41.5. The lowest BCUT2D eigenvalue weighted by Gasteiger charge is -2.58. The SMILES string of the molecule is C=C(F)C(=O)OC=CC(C)(C)C(C)C.CC(C)CCCCC1CCC2C3CC=C4CC(OCCCCCCOC(=O)CCCN(C)C)CCC4(C)C3CCC12C. The van der Waals surface area contributed by atoms with Crippen molar-refractivity contribution in [3.05, 3.63) is 36.4 Å². The molecule has 56 heavy (non-hydrogen) atoms. The van der Waals surface area contributed by atoms with Gasteiger partial charge in [0.2, 0.25) is 5.83 Å². The van der Waals surface area contributed by atoms with Crippen LogP contribution in [-0.4, -0.2) is 56.8 Å². The number of unbranched alkanes of at least 4 members (excludes halogenated alkanes) is 4. The Bertz CT molecular complexity index is 1290. The molecule has 0 radical (unpaired) electrons. The minimum Gasteiger partial charge on any atom is -0.466 e. The molecule has 0 N–H and O–H groups in total. The predicted molar refractivity (Wildman–Crippen MR) is 230 cm³/mol. The van der Waals surface area contributed by atoms with Gasteiger partial charge in [0.05, 0.1) is 19.0 Å². The zero-order valence-corrected chi connectivity index (χ0v) is 37.7. The number of carbonyl (C=O) groups excluding carboxylic acids is 2. The maximum Gasteiger partial charge on any atom is 0.371 e. The molecule has 4 aliphatic carbocycles. The van der Waals surface area contributed by atoms with Gasteiger partial charge in [-0.2, -0.15) is 4.39 Å². The van der Waals surface area contributed by atoms with Crippen LogP contribution in [0.4, 0.5) is 4.39 Å². The van der Waals surface area contributed by atoms with E-state index >= 15 is 0 Å². The van der Waals surface area contributed by atoms with Crippen molar-refractivity contribution in [1.29, 1.82) is 0 Å². The first-order chi connectivity index (χ1) is 26.4. The molecule has 6 nitrogen and oxygen atoms in total. The predicted octanol–water partition coefficient (Wildman–Crippen LogP) is 12.8.